The molecule has 0 radical (unpaired) electrons. The average molecular weight is 387 g/mol. The molecule has 3 rings (SSSR count). The van der Waals surface area contributed by atoms with E-state index in [-0.39, 0.29) is 6.10 Å². The van der Waals surface area contributed by atoms with Gasteiger partial charge in [0.2, 0.25) is 10.0 Å². The van der Waals surface area contributed by atoms with Gasteiger partial charge in [-0.15, -0.1) is 0 Å². The van der Waals surface area contributed by atoms with E-state index in [9.17, 15) is 8.42 Å². The standard InChI is InChI=1S/C17H30N4O4S/c1-13-16(14(2)20(5)18-13)26(22,23)21-8-9-24-12-17(11-21)7-6-15(25-17)10-19(3)4/h15H,6-12H2,1-5H3/t15-,17+/m0/s1. The molecule has 2 aliphatic rings. The summed E-state index contributed by atoms with van der Waals surface area (Å²) in [5.41, 5.74) is 0.621. The fourth-order valence-corrected chi connectivity index (χ4v) is 5.88. The first-order chi connectivity index (χ1) is 12.1. The molecule has 1 aromatic rings. The van der Waals surface area contributed by atoms with Gasteiger partial charge in [-0.1, -0.05) is 0 Å². The molecule has 0 unspecified atom stereocenters. The molecule has 0 amide bonds. The largest absolute Gasteiger partial charge is 0.377 e. The Hall–Kier alpha value is -1.00. The lowest BCUT2D eigenvalue weighted by Crippen LogP contribution is -2.47. The Morgan fingerprint density at radius 3 is 2.69 bits per heavy atom. The number of hydrogen-bond acceptors (Lipinski definition) is 6. The fourth-order valence-electron chi connectivity index (χ4n) is 3.99. The third kappa shape index (κ3) is 3.68. The number of likely N-dealkylation sites (N-methyl/N-ethyl adjacent to an activating group) is 1. The van der Waals surface area contributed by atoms with E-state index in [0.29, 0.717) is 42.6 Å². The normalized spacial score (nSPS) is 28.2. The summed E-state index contributed by atoms with van der Waals surface area (Å²) in [5.74, 6) is 0. The Kier molecular flexibility index (Phi) is 5.47. The van der Waals surface area contributed by atoms with Crippen LogP contribution >= 0.6 is 0 Å². The van der Waals surface area contributed by atoms with Gasteiger partial charge < -0.3 is 14.4 Å². The highest BCUT2D eigenvalue weighted by molar-refractivity contribution is 7.89. The maximum atomic E-state index is 13.3. The summed E-state index contributed by atoms with van der Waals surface area (Å²) in [6.07, 6.45) is 1.83. The van der Waals surface area contributed by atoms with Crippen molar-refractivity contribution in [3.63, 3.8) is 0 Å². The van der Waals surface area contributed by atoms with Crippen molar-refractivity contribution < 1.29 is 17.9 Å². The maximum absolute atomic E-state index is 13.3. The van der Waals surface area contributed by atoms with E-state index in [1.165, 1.54) is 4.31 Å². The summed E-state index contributed by atoms with van der Waals surface area (Å²) in [5, 5.41) is 4.27. The Balaban J connectivity index is 1.86. The van der Waals surface area contributed by atoms with Gasteiger partial charge in [0, 0.05) is 26.7 Å². The molecule has 148 valence electrons. The molecule has 0 aromatic carbocycles. The predicted molar refractivity (Wildman–Crippen MR) is 97.7 cm³/mol. The Morgan fingerprint density at radius 1 is 1.35 bits per heavy atom. The summed E-state index contributed by atoms with van der Waals surface area (Å²) < 4.78 is 41.9. The van der Waals surface area contributed by atoms with Crippen molar-refractivity contribution in [2.75, 3.05) is 46.9 Å². The Morgan fingerprint density at radius 2 is 2.08 bits per heavy atom. The van der Waals surface area contributed by atoms with Crippen molar-refractivity contribution >= 4 is 10.0 Å². The van der Waals surface area contributed by atoms with E-state index < -0.39 is 15.6 Å². The van der Waals surface area contributed by atoms with Gasteiger partial charge in [-0.2, -0.15) is 9.40 Å². The molecule has 8 nitrogen and oxygen atoms in total. The monoisotopic (exact) mass is 386 g/mol. The zero-order valence-electron chi connectivity index (χ0n) is 16.4. The smallest absolute Gasteiger partial charge is 0.246 e. The third-order valence-corrected chi connectivity index (χ3v) is 7.36. The summed E-state index contributed by atoms with van der Waals surface area (Å²) >= 11 is 0. The molecular formula is C17H30N4O4S. The first-order valence-electron chi connectivity index (χ1n) is 9.05. The average Bonchev–Trinajstić information content (AvgIpc) is 2.93. The van der Waals surface area contributed by atoms with Gasteiger partial charge >= 0.3 is 0 Å². The predicted octanol–water partition coefficient (Wildman–Crippen LogP) is 0.537. The van der Waals surface area contributed by atoms with E-state index in [4.69, 9.17) is 9.47 Å². The minimum atomic E-state index is -3.65. The van der Waals surface area contributed by atoms with Gasteiger partial charge in [0.05, 0.1) is 30.7 Å². The number of aryl methyl sites for hydroxylation is 2. The fraction of sp³-hybridized carbons (Fsp3) is 0.824. The first kappa shape index (κ1) is 19.8. The van der Waals surface area contributed by atoms with Crippen LogP contribution in [-0.2, 0) is 26.5 Å². The van der Waals surface area contributed by atoms with Crippen molar-refractivity contribution in [3.8, 4) is 0 Å². The molecule has 0 N–H and O–H groups in total. The lowest BCUT2D eigenvalue weighted by atomic mass is 10.0. The second kappa shape index (κ2) is 7.20. The summed E-state index contributed by atoms with van der Waals surface area (Å²) in [6.45, 7) is 5.83. The van der Waals surface area contributed by atoms with Crippen molar-refractivity contribution in [1.82, 2.24) is 19.0 Å². The van der Waals surface area contributed by atoms with Crippen molar-refractivity contribution in [1.29, 1.82) is 0 Å². The minimum Gasteiger partial charge on any atom is -0.377 e. The molecule has 0 saturated carbocycles. The van der Waals surface area contributed by atoms with Crippen LogP contribution in [0.3, 0.4) is 0 Å². The van der Waals surface area contributed by atoms with E-state index in [1.54, 1.807) is 25.6 Å². The highest BCUT2D eigenvalue weighted by atomic mass is 32.2. The number of aromatic nitrogens is 2. The third-order valence-electron chi connectivity index (χ3n) is 5.26. The SMILES string of the molecule is Cc1nn(C)c(C)c1S(=O)(=O)N1CCOC[C@@]2(CC[C@@H](CN(C)C)O2)C1. The summed E-state index contributed by atoms with van der Waals surface area (Å²) in [6, 6.07) is 0. The minimum absolute atomic E-state index is 0.109. The number of rotatable bonds is 4. The maximum Gasteiger partial charge on any atom is 0.246 e. The van der Waals surface area contributed by atoms with Crippen molar-refractivity contribution in [2.24, 2.45) is 7.05 Å². The van der Waals surface area contributed by atoms with Crippen LogP contribution in [0.4, 0.5) is 0 Å². The van der Waals surface area contributed by atoms with Crippen LogP contribution in [0, 0.1) is 13.8 Å². The quantitative estimate of drug-likeness (QED) is 0.752. The molecule has 0 aliphatic carbocycles. The van der Waals surface area contributed by atoms with Gasteiger partial charge in [-0.25, -0.2) is 8.42 Å². The van der Waals surface area contributed by atoms with Gasteiger partial charge in [0.15, 0.2) is 0 Å². The van der Waals surface area contributed by atoms with E-state index in [1.807, 2.05) is 14.1 Å². The molecule has 2 atom stereocenters. The topological polar surface area (TPSA) is 76.9 Å². The van der Waals surface area contributed by atoms with Crippen LogP contribution in [0.15, 0.2) is 4.90 Å². The molecule has 26 heavy (non-hydrogen) atoms. The molecule has 1 aromatic heterocycles. The van der Waals surface area contributed by atoms with Crippen LogP contribution in [0.25, 0.3) is 0 Å². The molecular weight excluding hydrogens is 356 g/mol. The van der Waals surface area contributed by atoms with Crippen LogP contribution < -0.4 is 0 Å². The van der Waals surface area contributed by atoms with Gasteiger partial charge in [0.25, 0.3) is 0 Å². The number of ether oxygens (including phenoxy) is 2. The van der Waals surface area contributed by atoms with Gasteiger partial charge in [-0.05, 0) is 40.8 Å². The Bertz CT molecular complexity index is 761. The van der Waals surface area contributed by atoms with E-state index in [2.05, 4.69) is 10.00 Å². The molecule has 0 bridgehead atoms. The van der Waals surface area contributed by atoms with E-state index in [0.717, 1.165) is 19.4 Å². The molecule has 2 saturated heterocycles. The lowest BCUT2D eigenvalue weighted by molar-refractivity contribution is -0.0858. The van der Waals surface area contributed by atoms with Crippen molar-refractivity contribution in [2.45, 2.75) is 43.3 Å². The molecule has 2 aliphatic heterocycles. The summed E-state index contributed by atoms with van der Waals surface area (Å²) in [7, 11) is 2.15. The van der Waals surface area contributed by atoms with Crippen molar-refractivity contribution in [3.05, 3.63) is 11.4 Å². The van der Waals surface area contributed by atoms with Crippen LogP contribution in [-0.4, -0.2) is 86.1 Å². The number of sulfonamides is 1. The van der Waals surface area contributed by atoms with Crippen LogP contribution in [0.1, 0.15) is 24.2 Å². The van der Waals surface area contributed by atoms with Crippen LogP contribution in [0.5, 0.6) is 0 Å². The summed E-state index contributed by atoms with van der Waals surface area (Å²) in [4.78, 5) is 2.40. The highest BCUT2D eigenvalue weighted by Gasteiger charge is 2.46. The zero-order valence-corrected chi connectivity index (χ0v) is 17.2. The second-order valence-electron chi connectivity index (χ2n) is 7.74. The van der Waals surface area contributed by atoms with Crippen LogP contribution in [0.2, 0.25) is 0 Å². The molecule has 9 heteroatoms. The number of nitrogens with zero attached hydrogens (tertiary/aromatic N) is 4. The highest BCUT2D eigenvalue weighted by Crippen LogP contribution is 2.35. The Labute approximate surface area is 156 Å². The molecule has 3 heterocycles. The zero-order chi connectivity index (χ0) is 19.1. The number of hydrogen-bond donors (Lipinski definition) is 0. The first-order valence-corrected chi connectivity index (χ1v) is 10.5. The van der Waals surface area contributed by atoms with Gasteiger partial charge in [0.1, 0.15) is 10.5 Å². The van der Waals surface area contributed by atoms with E-state index >= 15 is 0 Å². The molecule has 1 spiro atoms. The molecule has 2 fully saturated rings. The van der Waals surface area contributed by atoms with Gasteiger partial charge in [-0.3, -0.25) is 4.68 Å². The second-order valence-corrected chi connectivity index (χ2v) is 9.61. The lowest BCUT2D eigenvalue weighted by Gasteiger charge is -2.32.